The van der Waals surface area contributed by atoms with E-state index < -0.39 is 5.91 Å². The fraction of sp³-hybridized carbons (Fsp3) is 0.333. The number of hydrogen-bond acceptors (Lipinski definition) is 2. The minimum atomic E-state index is -0.443. The van der Waals surface area contributed by atoms with E-state index in [1.54, 1.807) is 6.07 Å². The molecule has 0 radical (unpaired) electrons. The van der Waals surface area contributed by atoms with E-state index in [0.717, 1.165) is 31.4 Å². The molecule has 1 aromatic rings. The van der Waals surface area contributed by atoms with Crippen LogP contribution in [0.25, 0.3) is 0 Å². The van der Waals surface area contributed by atoms with E-state index in [2.05, 4.69) is 10.9 Å². The summed E-state index contributed by atoms with van der Waals surface area (Å²) in [5.74, 6) is 2.15. The maximum atomic E-state index is 10.8. The lowest BCUT2D eigenvalue weighted by Gasteiger charge is -2.00. The van der Waals surface area contributed by atoms with Gasteiger partial charge in [0, 0.05) is 18.3 Å². The van der Waals surface area contributed by atoms with Gasteiger partial charge in [-0.2, -0.15) is 0 Å². The van der Waals surface area contributed by atoms with Crippen LogP contribution in [0.1, 0.15) is 35.3 Å². The Balaban J connectivity index is 2.43. The van der Waals surface area contributed by atoms with Crippen LogP contribution in [0, 0.1) is 12.3 Å². The van der Waals surface area contributed by atoms with E-state index >= 15 is 0 Å². The van der Waals surface area contributed by atoms with Crippen LogP contribution in [-0.2, 0) is 6.42 Å². The number of nitrogens with zero attached hydrogens (tertiary/aromatic N) is 1. The first-order chi connectivity index (χ1) is 7.24. The molecule has 78 valence electrons. The third kappa shape index (κ3) is 3.82. The number of unbranched alkanes of at least 4 members (excludes halogenated alkanes) is 2. The smallest absolute Gasteiger partial charge is 0.250 e. The van der Waals surface area contributed by atoms with Gasteiger partial charge in [0.25, 0.3) is 0 Å². The van der Waals surface area contributed by atoms with Crippen LogP contribution in [0.3, 0.4) is 0 Å². The lowest BCUT2D eigenvalue weighted by atomic mass is 10.1. The molecule has 0 aliphatic heterocycles. The number of aryl methyl sites for hydroxylation is 1. The van der Waals surface area contributed by atoms with Crippen molar-refractivity contribution in [3.8, 4) is 12.3 Å². The molecule has 0 atom stereocenters. The Morgan fingerprint density at radius 1 is 1.47 bits per heavy atom. The average Bonchev–Trinajstić information content (AvgIpc) is 2.25. The van der Waals surface area contributed by atoms with Crippen molar-refractivity contribution in [1.82, 2.24) is 4.98 Å². The van der Waals surface area contributed by atoms with Crippen LogP contribution in [0.4, 0.5) is 0 Å². The molecular formula is C12H14N2O. The third-order valence-corrected chi connectivity index (χ3v) is 2.11. The van der Waals surface area contributed by atoms with Crippen molar-refractivity contribution < 1.29 is 4.79 Å². The van der Waals surface area contributed by atoms with E-state index in [-0.39, 0.29) is 0 Å². The van der Waals surface area contributed by atoms with Gasteiger partial charge in [-0.3, -0.25) is 9.78 Å². The number of carbonyl (C=O) groups is 1. The molecule has 1 heterocycles. The van der Waals surface area contributed by atoms with E-state index in [9.17, 15) is 4.79 Å². The molecule has 0 aliphatic rings. The molecule has 2 N–H and O–H groups in total. The van der Waals surface area contributed by atoms with Gasteiger partial charge in [-0.25, -0.2) is 0 Å². The number of primary amides is 1. The van der Waals surface area contributed by atoms with Crippen LogP contribution >= 0.6 is 0 Å². The third-order valence-electron chi connectivity index (χ3n) is 2.11. The van der Waals surface area contributed by atoms with E-state index in [1.807, 2.05) is 6.07 Å². The summed E-state index contributed by atoms with van der Waals surface area (Å²) in [4.78, 5) is 14.9. The van der Waals surface area contributed by atoms with Crippen molar-refractivity contribution in [1.29, 1.82) is 0 Å². The zero-order chi connectivity index (χ0) is 11.1. The number of hydrogen-bond donors (Lipinski definition) is 1. The fourth-order valence-corrected chi connectivity index (χ4v) is 1.25. The van der Waals surface area contributed by atoms with Crippen molar-refractivity contribution >= 4 is 5.91 Å². The Hall–Kier alpha value is -1.82. The van der Waals surface area contributed by atoms with Crippen molar-refractivity contribution in [2.75, 3.05) is 0 Å². The zero-order valence-corrected chi connectivity index (χ0v) is 8.57. The van der Waals surface area contributed by atoms with Crippen LogP contribution in [0.5, 0.6) is 0 Å². The molecule has 0 saturated carbocycles. The summed E-state index contributed by atoms with van der Waals surface area (Å²) in [6.45, 7) is 0. The molecule has 0 bridgehead atoms. The highest BCUT2D eigenvalue weighted by atomic mass is 16.1. The molecule has 0 unspecified atom stereocenters. The number of carbonyl (C=O) groups excluding carboxylic acids is 1. The Morgan fingerprint density at radius 2 is 2.27 bits per heavy atom. The first-order valence-electron chi connectivity index (χ1n) is 4.92. The summed E-state index contributed by atoms with van der Waals surface area (Å²) in [6, 6.07) is 3.53. The van der Waals surface area contributed by atoms with Gasteiger partial charge < -0.3 is 5.73 Å². The van der Waals surface area contributed by atoms with Crippen molar-refractivity contribution in [3.05, 3.63) is 29.6 Å². The molecule has 1 amide bonds. The molecule has 0 saturated heterocycles. The maximum absolute atomic E-state index is 10.8. The Bertz CT molecular complexity index is 362. The van der Waals surface area contributed by atoms with E-state index in [0.29, 0.717) is 5.56 Å². The van der Waals surface area contributed by atoms with Crippen LogP contribution in [0.15, 0.2) is 18.3 Å². The number of rotatable bonds is 5. The van der Waals surface area contributed by atoms with Crippen molar-refractivity contribution in [3.63, 3.8) is 0 Å². The molecular weight excluding hydrogens is 188 g/mol. The number of nitrogens with two attached hydrogens (primary N) is 1. The first kappa shape index (κ1) is 11.3. The summed E-state index contributed by atoms with van der Waals surface area (Å²) >= 11 is 0. The van der Waals surface area contributed by atoms with Gasteiger partial charge in [-0.15, -0.1) is 12.3 Å². The molecule has 0 aromatic carbocycles. The highest BCUT2D eigenvalue weighted by Gasteiger charge is 2.00. The van der Waals surface area contributed by atoms with Gasteiger partial charge in [0.15, 0.2) is 0 Å². The average molecular weight is 202 g/mol. The summed E-state index contributed by atoms with van der Waals surface area (Å²) in [5, 5.41) is 0. The van der Waals surface area contributed by atoms with Crippen LogP contribution < -0.4 is 5.73 Å². The molecule has 0 spiro atoms. The molecule has 0 aliphatic carbocycles. The predicted octanol–water partition coefficient (Wildman–Crippen LogP) is 1.53. The van der Waals surface area contributed by atoms with Crippen molar-refractivity contribution in [2.45, 2.75) is 25.7 Å². The predicted molar refractivity (Wildman–Crippen MR) is 59.1 cm³/mol. The largest absolute Gasteiger partial charge is 0.366 e. The van der Waals surface area contributed by atoms with Gasteiger partial charge in [0.2, 0.25) is 5.91 Å². The van der Waals surface area contributed by atoms with Crippen molar-refractivity contribution in [2.24, 2.45) is 5.73 Å². The lowest BCUT2D eigenvalue weighted by Crippen LogP contribution is -2.11. The number of aromatic nitrogens is 1. The Kier molecular flexibility index (Phi) is 4.36. The lowest BCUT2D eigenvalue weighted by molar-refractivity contribution is 0.1000. The highest BCUT2D eigenvalue weighted by molar-refractivity contribution is 5.92. The first-order valence-corrected chi connectivity index (χ1v) is 4.92. The Labute approximate surface area is 89.7 Å². The SMILES string of the molecule is C#CCCCCc1ccc(C(N)=O)cn1. The minimum absolute atomic E-state index is 0.443. The van der Waals surface area contributed by atoms with Gasteiger partial charge in [0.05, 0.1) is 5.56 Å². The number of terminal acetylenes is 1. The second-order valence-corrected chi connectivity index (χ2v) is 3.31. The molecule has 0 fully saturated rings. The fourth-order valence-electron chi connectivity index (χ4n) is 1.25. The van der Waals surface area contributed by atoms with Crippen LogP contribution in [0.2, 0.25) is 0 Å². The molecule has 15 heavy (non-hydrogen) atoms. The molecule has 3 heteroatoms. The van der Waals surface area contributed by atoms with E-state index in [1.165, 1.54) is 6.20 Å². The van der Waals surface area contributed by atoms with Crippen LogP contribution in [-0.4, -0.2) is 10.9 Å². The summed E-state index contributed by atoms with van der Waals surface area (Å²) in [5.41, 5.74) is 6.52. The summed E-state index contributed by atoms with van der Waals surface area (Å²) in [7, 11) is 0. The highest BCUT2D eigenvalue weighted by Crippen LogP contribution is 2.05. The van der Waals surface area contributed by atoms with Gasteiger partial charge >= 0.3 is 0 Å². The Morgan fingerprint density at radius 3 is 2.80 bits per heavy atom. The van der Waals surface area contributed by atoms with Gasteiger partial charge in [-0.1, -0.05) is 0 Å². The van der Waals surface area contributed by atoms with Gasteiger partial charge in [-0.05, 0) is 31.4 Å². The second kappa shape index (κ2) is 5.82. The molecule has 1 aromatic heterocycles. The number of amides is 1. The monoisotopic (exact) mass is 202 g/mol. The zero-order valence-electron chi connectivity index (χ0n) is 8.57. The minimum Gasteiger partial charge on any atom is -0.366 e. The van der Waals surface area contributed by atoms with E-state index in [4.69, 9.17) is 12.2 Å². The second-order valence-electron chi connectivity index (χ2n) is 3.31. The summed E-state index contributed by atoms with van der Waals surface area (Å²) in [6.07, 6.45) is 10.4. The molecule has 1 rings (SSSR count). The normalized spacial score (nSPS) is 9.53. The maximum Gasteiger partial charge on any atom is 0.250 e. The summed E-state index contributed by atoms with van der Waals surface area (Å²) < 4.78 is 0. The molecule has 3 nitrogen and oxygen atoms in total. The number of pyridine rings is 1. The van der Waals surface area contributed by atoms with Gasteiger partial charge in [0.1, 0.15) is 0 Å². The topological polar surface area (TPSA) is 56.0 Å². The standard InChI is InChI=1S/C12H14N2O/c1-2-3-4-5-6-11-8-7-10(9-14-11)12(13)15/h1,7-9H,3-6H2,(H2,13,15). The quantitative estimate of drug-likeness (QED) is 0.581.